The molecule has 0 aliphatic carbocycles. The summed E-state index contributed by atoms with van der Waals surface area (Å²) in [6.45, 7) is 0. The summed E-state index contributed by atoms with van der Waals surface area (Å²) in [7, 11) is 0. The Morgan fingerprint density at radius 2 is 2.23 bits per heavy atom. The van der Waals surface area contributed by atoms with Crippen LogP contribution in [-0.2, 0) is 4.79 Å². The molecule has 66 valence electrons. The van der Waals surface area contributed by atoms with E-state index in [0.717, 1.165) is 0 Å². The van der Waals surface area contributed by atoms with Gasteiger partial charge in [-0.15, -0.1) is 0 Å². The lowest BCUT2D eigenvalue weighted by Gasteiger charge is -2.04. The molecule has 0 saturated heterocycles. The van der Waals surface area contributed by atoms with Crippen molar-refractivity contribution < 1.29 is 9.90 Å². The minimum atomic E-state index is -0.969. The normalized spacial score (nSPS) is 11.6. The van der Waals surface area contributed by atoms with E-state index in [1.165, 1.54) is 0 Å². The van der Waals surface area contributed by atoms with Crippen LogP contribution in [-0.4, -0.2) is 16.1 Å². The number of hydrogen-bond acceptors (Lipinski definition) is 3. The van der Waals surface area contributed by atoms with Crippen LogP contribution in [0.1, 0.15) is 17.9 Å². The first-order valence-electron chi connectivity index (χ1n) is 3.75. The SMILES string of the molecule is N#CC(CC(=O)O)c1ccncc1. The average Bonchev–Trinajstić information content (AvgIpc) is 2.15. The predicted octanol–water partition coefficient (Wildman–Crippen LogP) is 1.16. The number of carboxylic acids is 1. The van der Waals surface area contributed by atoms with Gasteiger partial charge in [0.25, 0.3) is 0 Å². The van der Waals surface area contributed by atoms with E-state index in [1.807, 2.05) is 6.07 Å². The van der Waals surface area contributed by atoms with Gasteiger partial charge in [-0.1, -0.05) is 0 Å². The summed E-state index contributed by atoms with van der Waals surface area (Å²) in [5, 5.41) is 17.2. The van der Waals surface area contributed by atoms with Gasteiger partial charge in [0.1, 0.15) is 0 Å². The monoisotopic (exact) mass is 176 g/mol. The van der Waals surface area contributed by atoms with Crippen LogP contribution in [0, 0.1) is 11.3 Å². The number of pyridine rings is 1. The lowest BCUT2D eigenvalue weighted by atomic mass is 9.99. The maximum absolute atomic E-state index is 10.4. The molecule has 1 rings (SSSR count). The molecule has 0 radical (unpaired) electrons. The Kier molecular flexibility index (Phi) is 2.98. The van der Waals surface area contributed by atoms with E-state index in [0.29, 0.717) is 5.56 Å². The Bertz CT molecular complexity index is 329. The van der Waals surface area contributed by atoms with Crippen molar-refractivity contribution in [2.45, 2.75) is 12.3 Å². The Morgan fingerprint density at radius 1 is 1.62 bits per heavy atom. The van der Waals surface area contributed by atoms with Crippen LogP contribution in [0.5, 0.6) is 0 Å². The number of nitrogens with zero attached hydrogens (tertiary/aromatic N) is 2. The lowest BCUT2D eigenvalue weighted by molar-refractivity contribution is -0.137. The molecule has 0 bridgehead atoms. The summed E-state index contributed by atoms with van der Waals surface area (Å²) >= 11 is 0. The van der Waals surface area contributed by atoms with Gasteiger partial charge in [0, 0.05) is 12.4 Å². The van der Waals surface area contributed by atoms with Crippen LogP contribution in [0.4, 0.5) is 0 Å². The first-order chi connectivity index (χ1) is 6.24. The molecule has 13 heavy (non-hydrogen) atoms. The van der Waals surface area contributed by atoms with E-state index >= 15 is 0 Å². The predicted molar refractivity (Wildman–Crippen MR) is 44.8 cm³/mol. The minimum absolute atomic E-state index is 0.166. The largest absolute Gasteiger partial charge is 0.481 e. The zero-order chi connectivity index (χ0) is 9.68. The molecule has 4 heteroatoms. The Balaban J connectivity index is 2.80. The third-order valence-electron chi connectivity index (χ3n) is 1.64. The number of aliphatic carboxylic acids is 1. The molecular weight excluding hydrogens is 168 g/mol. The van der Waals surface area contributed by atoms with Crippen molar-refractivity contribution in [1.29, 1.82) is 5.26 Å². The van der Waals surface area contributed by atoms with Crippen LogP contribution in [0.3, 0.4) is 0 Å². The Hall–Kier alpha value is -1.89. The number of hydrogen-bond donors (Lipinski definition) is 1. The van der Waals surface area contributed by atoms with Crippen molar-refractivity contribution in [1.82, 2.24) is 4.98 Å². The topological polar surface area (TPSA) is 74.0 Å². The molecule has 1 heterocycles. The van der Waals surface area contributed by atoms with Crippen molar-refractivity contribution >= 4 is 5.97 Å². The molecule has 0 aliphatic heterocycles. The standard InChI is InChI=1S/C9H8N2O2/c10-6-8(5-9(12)13)7-1-3-11-4-2-7/h1-4,8H,5H2,(H,12,13). The van der Waals surface area contributed by atoms with E-state index in [4.69, 9.17) is 10.4 Å². The van der Waals surface area contributed by atoms with Gasteiger partial charge in [0.2, 0.25) is 0 Å². The highest BCUT2D eigenvalue weighted by atomic mass is 16.4. The number of carboxylic acid groups (broad SMARTS) is 1. The quantitative estimate of drug-likeness (QED) is 0.749. The smallest absolute Gasteiger partial charge is 0.305 e. The van der Waals surface area contributed by atoms with Crippen LogP contribution in [0.2, 0.25) is 0 Å². The van der Waals surface area contributed by atoms with Crippen LogP contribution >= 0.6 is 0 Å². The molecule has 1 unspecified atom stereocenters. The minimum Gasteiger partial charge on any atom is -0.481 e. The van der Waals surface area contributed by atoms with Gasteiger partial charge in [-0.2, -0.15) is 5.26 Å². The van der Waals surface area contributed by atoms with Gasteiger partial charge in [-0.3, -0.25) is 9.78 Å². The van der Waals surface area contributed by atoms with Gasteiger partial charge in [-0.05, 0) is 17.7 Å². The van der Waals surface area contributed by atoms with Gasteiger partial charge in [0.05, 0.1) is 18.4 Å². The van der Waals surface area contributed by atoms with Crippen molar-refractivity contribution in [2.24, 2.45) is 0 Å². The van der Waals surface area contributed by atoms with Gasteiger partial charge < -0.3 is 5.11 Å². The molecule has 0 saturated carbocycles. The lowest BCUT2D eigenvalue weighted by Crippen LogP contribution is -2.04. The molecule has 0 spiro atoms. The Labute approximate surface area is 75.5 Å². The van der Waals surface area contributed by atoms with Crippen molar-refractivity contribution in [2.75, 3.05) is 0 Å². The maximum Gasteiger partial charge on any atom is 0.305 e. The summed E-state index contributed by atoms with van der Waals surface area (Å²) in [5.41, 5.74) is 0.694. The van der Waals surface area contributed by atoms with E-state index < -0.39 is 11.9 Å². The fourth-order valence-corrected chi connectivity index (χ4v) is 1.01. The molecule has 1 N–H and O–H groups in total. The van der Waals surface area contributed by atoms with Gasteiger partial charge >= 0.3 is 5.97 Å². The zero-order valence-electron chi connectivity index (χ0n) is 6.84. The summed E-state index contributed by atoms with van der Waals surface area (Å²) in [4.78, 5) is 14.2. The molecule has 1 atom stereocenters. The molecule has 0 aliphatic rings. The molecule has 0 amide bonds. The zero-order valence-corrected chi connectivity index (χ0v) is 6.84. The van der Waals surface area contributed by atoms with Crippen LogP contribution in [0.15, 0.2) is 24.5 Å². The highest BCUT2D eigenvalue weighted by Gasteiger charge is 2.13. The first kappa shape index (κ1) is 9.20. The third kappa shape index (κ3) is 2.56. The second-order valence-corrected chi connectivity index (χ2v) is 2.56. The number of carbonyl (C=O) groups is 1. The van der Waals surface area contributed by atoms with Gasteiger partial charge in [0.15, 0.2) is 0 Å². The fraction of sp³-hybridized carbons (Fsp3) is 0.222. The highest BCUT2D eigenvalue weighted by molar-refractivity contribution is 5.68. The van der Waals surface area contributed by atoms with Crippen molar-refractivity contribution in [3.8, 4) is 6.07 Å². The summed E-state index contributed by atoms with van der Waals surface area (Å²) < 4.78 is 0. The third-order valence-corrected chi connectivity index (χ3v) is 1.64. The van der Waals surface area contributed by atoms with E-state index in [-0.39, 0.29) is 6.42 Å². The number of nitriles is 1. The van der Waals surface area contributed by atoms with E-state index in [1.54, 1.807) is 24.5 Å². The van der Waals surface area contributed by atoms with Crippen molar-refractivity contribution in [3.05, 3.63) is 30.1 Å². The number of aromatic nitrogens is 1. The maximum atomic E-state index is 10.4. The molecule has 0 aromatic carbocycles. The molecule has 1 aromatic rings. The second kappa shape index (κ2) is 4.21. The summed E-state index contributed by atoms with van der Waals surface area (Å²) in [6.07, 6.45) is 2.92. The summed E-state index contributed by atoms with van der Waals surface area (Å²) in [6, 6.07) is 5.24. The molecule has 4 nitrogen and oxygen atoms in total. The van der Waals surface area contributed by atoms with Gasteiger partial charge in [-0.25, -0.2) is 0 Å². The summed E-state index contributed by atoms with van der Waals surface area (Å²) in [5.74, 6) is -1.55. The van der Waals surface area contributed by atoms with Crippen molar-refractivity contribution in [3.63, 3.8) is 0 Å². The highest BCUT2D eigenvalue weighted by Crippen LogP contribution is 2.17. The molecule has 0 fully saturated rings. The Morgan fingerprint density at radius 3 is 2.69 bits per heavy atom. The average molecular weight is 176 g/mol. The molecule has 1 aromatic heterocycles. The van der Waals surface area contributed by atoms with E-state index in [9.17, 15) is 4.79 Å². The van der Waals surface area contributed by atoms with Crippen LogP contribution in [0.25, 0.3) is 0 Å². The van der Waals surface area contributed by atoms with Crippen LogP contribution < -0.4 is 0 Å². The van der Waals surface area contributed by atoms with E-state index in [2.05, 4.69) is 4.98 Å². The fourth-order valence-electron chi connectivity index (χ4n) is 1.01. The second-order valence-electron chi connectivity index (χ2n) is 2.56. The number of rotatable bonds is 3. The first-order valence-corrected chi connectivity index (χ1v) is 3.75. The molecular formula is C9H8N2O2.